The van der Waals surface area contributed by atoms with Gasteiger partial charge in [0.15, 0.2) is 0 Å². The molecule has 0 bridgehead atoms. The summed E-state index contributed by atoms with van der Waals surface area (Å²) in [5.74, 6) is -5.68. The second kappa shape index (κ2) is 14.1. The Morgan fingerprint density at radius 3 is 2.32 bits per heavy atom. The van der Waals surface area contributed by atoms with Crippen molar-refractivity contribution in [2.45, 2.75) is 45.1 Å². The van der Waals surface area contributed by atoms with Crippen molar-refractivity contribution in [2.75, 3.05) is 13.2 Å². The van der Waals surface area contributed by atoms with E-state index in [0.29, 0.717) is 11.1 Å². The van der Waals surface area contributed by atoms with Crippen molar-refractivity contribution < 1.29 is 46.7 Å². The highest BCUT2D eigenvalue weighted by atomic mass is 19.4. The van der Waals surface area contributed by atoms with Crippen molar-refractivity contribution >= 4 is 35.3 Å². The van der Waals surface area contributed by atoms with Crippen LogP contribution in [-0.4, -0.2) is 74.6 Å². The summed E-state index contributed by atoms with van der Waals surface area (Å²) in [7, 11) is 0. The first-order chi connectivity index (χ1) is 22.2. The number of nitrogens with two attached hydrogens (primary N) is 1. The number of aromatic nitrogens is 2. The van der Waals surface area contributed by atoms with Gasteiger partial charge in [0.1, 0.15) is 18.4 Å². The van der Waals surface area contributed by atoms with Crippen LogP contribution in [0.2, 0.25) is 0 Å². The molecule has 0 fully saturated rings. The minimum absolute atomic E-state index is 0.00181. The summed E-state index contributed by atoms with van der Waals surface area (Å²) in [6, 6.07) is 9.68. The van der Waals surface area contributed by atoms with Crippen LogP contribution in [0.5, 0.6) is 5.88 Å². The van der Waals surface area contributed by atoms with Crippen molar-refractivity contribution in [3.8, 4) is 5.88 Å². The van der Waals surface area contributed by atoms with Gasteiger partial charge < -0.3 is 25.4 Å². The molecule has 4 rings (SSSR count). The number of alkyl halides is 3. The van der Waals surface area contributed by atoms with E-state index in [1.807, 2.05) is 0 Å². The minimum Gasteiger partial charge on any atom is -0.465 e. The molecule has 3 aromatic rings. The molecule has 1 aliphatic heterocycles. The standard InChI is InChI=1S/C29H28F3N7O8/c1-2-46-23(40)15-38-27(47-28(43)29(30,31)32)20-14-37(12-11-21(20)36-38)26(42)22(13-16-3-9-19(10-4-16)39(44)45)35-25(41)18-7-5-17(6-8-18)24(33)34/h3-10,22H,2,11-15H2,1H3,(H3,33,34)(H,35,41)/t22-/m0/s1. The van der Waals surface area contributed by atoms with Gasteiger partial charge in [-0.15, -0.1) is 0 Å². The predicted molar refractivity (Wildman–Crippen MR) is 155 cm³/mol. The van der Waals surface area contributed by atoms with E-state index in [2.05, 4.69) is 15.2 Å². The lowest BCUT2D eigenvalue weighted by atomic mass is 10.0. The molecule has 0 saturated heterocycles. The minimum atomic E-state index is -5.38. The quantitative estimate of drug-likeness (QED) is 0.0896. The molecule has 4 N–H and O–H groups in total. The Kier molecular flexibility index (Phi) is 10.2. The van der Waals surface area contributed by atoms with E-state index >= 15 is 0 Å². The lowest BCUT2D eigenvalue weighted by molar-refractivity contribution is -0.384. The molecule has 2 heterocycles. The normalized spacial score (nSPS) is 13.2. The highest BCUT2D eigenvalue weighted by molar-refractivity contribution is 6.00. The fourth-order valence-corrected chi connectivity index (χ4v) is 4.74. The Bertz CT molecular complexity index is 1710. The number of carbonyl (C=O) groups is 4. The molecule has 1 aliphatic rings. The molecule has 2 aromatic carbocycles. The molecule has 47 heavy (non-hydrogen) atoms. The Labute approximate surface area is 264 Å². The fourth-order valence-electron chi connectivity index (χ4n) is 4.74. The predicted octanol–water partition coefficient (Wildman–Crippen LogP) is 2.03. The van der Waals surface area contributed by atoms with Gasteiger partial charge in [-0.25, -0.2) is 9.48 Å². The zero-order valence-corrected chi connectivity index (χ0v) is 24.7. The number of amides is 2. The molecule has 0 unspecified atom stereocenters. The molecule has 15 nitrogen and oxygen atoms in total. The fraction of sp³-hybridized carbons (Fsp3) is 0.310. The summed E-state index contributed by atoms with van der Waals surface area (Å²) in [5.41, 5.74) is 6.33. The summed E-state index contributed by atoms with van der Waals surface area (Å²) in [5, 5.41) is 25.4. The first kappa shape index (κ1) is 34.1. The number of carbonyl (C=O) groups excluding carboxylic acids is 4. The number of nitro benzene ring substituents is 1. The van der Waals surface area contributed by atoms with E-state index in [1.54, 1.807) is 0 Å². The lowest BCUT2D eigenvalue weighted by Crippen LogP contribution is -2.51. The lowest BCUT2D eigenvalue weighted by Gasteiger charge is -2.30. The van der Waals surface area contributed by atoms with Crippen molar-refractivity contribution in [2.24, 2.45) is 5.73 Å². The average Bonchev–Trinajstić information content (AvgIpc) is 3.35. The topological polar surface area (TPSA) is 213 Å². The Balaban J connectivity index is 1.64. The molecular weight excluding hydrogens is 631 g/mol. The number of rotatable bonds is 11. The van der Waals surface area contributed by atoms with E-state index < -0.39 is 59.9 Å². The third-order valence-electron chi connectivity index (χ3n) is 7.02. The third kappa shape index (κ3) is 8.27. The van der Waals surface area contributed by atoms with Crippen LogP contribution in [0.25, 0.3) is 0 Å². The number of fused-ring (bicyclic) bond motifs is 1. The summed E-state index contributed by atoms with van der Waals surface area (Å²) < 4.78 is 49.7. The number of nitrogens with one attached hydrogen (secondary N) is 2. The van der Waals surface area contributed by atoms with Crippen LogP contribution < -0.4 is 15.8 Å². The van der Waals surface area contributed by atoms with Gasteiger partial charge in [0.05, 0.1) is 29.3 Å². The van der Waals surface area contributed by atoms with E-state index in [9.17, 15) is 42.5 Å². The Hall–Kier alpha value is -5.81. The first-order valence-electron chi connectivity index (χ1n) is 14.0. The van der Waals surface area contributed by atoms with E-state index in [0.717, 1.165) is 4.68 Å². The summed E-state index contributed by atoms with van der Waals surface area (Å²) in [4.78, 5) is 62.8. The van der Waals surface area contributed by atoms with Crippen LogP contribution in [0.15, 0.2) is 48.5 Å². The number of non-ortho nitro benzene ring substituents is 1. The molecule has 1 atom stereocenters. The maximum atomic E-state index is 13.9. The first-order valence-corrected chi connectivity index (χ1v) is 14.0. The third-order valence-corrected chi connectivity index (χ3v) is 7.02. The smallest absolute Gasteiger partial charge is 0.465 e. The van der Waals surface area contributed by atoms with Crippen molar-refractivity contribution in [1.82, 2.24) is 20.0 Å². The number of ether oxygens (including phenoxy) is 2. The number of halogens is 3. The van der Waals surface area contributed by atoms with Crippen LogP contribution in [0.1, 0.15) is 39.7 Å². The number of amidine groups is 1. The number of nitrogens with zero attached hydrogens (tertiary/aromatic N) is 4. The van der Waals surface area contributed by atoms with Crippen LogP contribution in [0.4, 0.5) is 18.9 Å². The molecule has 1 aromatic heterocycles. The van der Waals surface area contributed by atoms with Gasteiger partial charge in [0, 0.05) is 42.6 Å². The summed E-state index contributed by atoms with van der Waals surface area (Å²) >= 11 is 0. The monoisotopic (exact) mass is 659 g/mol. The highest BCUT2D eigenvalue weighted by Crippen LogP contribution is 2.31. The Morgan fingerprint density at radius 2 is 1.74 bits per heavy atom. The molecule has 248 valence electrons. The second-order valence-corrected chi connectivity index (χ2v) is 10.2. The Morgan fingerprint density at radius 1 is 1.11 bits per heavy atom. The molecule has 0 radical (unpaired) electrons. The number of esters is 2. The van der Waals surface area contributed by atoms with E-state index in [-0.39, 0.29) is 54.3 Å². The molecule has 18 heteroatoms. The zero-order chi connectivity index (χ0) is 34.5. The van der Waals surface area contributed by atoms with Gasteiger partial charge in [0.2, 0.25) is 11.8 Å². The largest absolute Gasteiger partial charge is 0.491 e. The molecular formula is C29H28F3N7O8. The average molecular weight is 660 g/mol. The maximum Gasteiger partial charge on any atom is 0.491 e. The molecule has 0 spiro atoms. The maximum absolute atomic E-state index is 13.9. The number of hydrogen-bond donors (Lipinski definition) is 3. The zero-order valence-electron chi connectivity index (χ0n) is 24.7. The van der Waals surface area contributed by atoms with E-state index in [1.165, 1.54) is 60.4 Å². The van der Waals surface area contributed by atoms with Crippen molar-refractivity contribution in [3.05, 3.63) is 86.6 Å². The molecule has 2 amide bonds. The van der Waals surface area contributed by atoms with Crippen molar-refractivity contribution in [3.63, 3.8) is 0 Å². The highest BCUT2D eigenvalue weighted by Gasteiger charge is 2.43. The van der Waals surface area contributed by atoms with Gasteiger partial charge in [-0.3, -0.25) is 29.9 Å². The number of hydrogen-bond acceptors (Lipinski definition) is 10. The van der Waals surface area contributed by atoms with Gasteiger partial charge in [-0.1, -0.05) is 24.3 Å². The summed E-state index contributed by atoms with van der Waals surface area (Å²) in [6.07, 6.45) is -5.51. The van der Waals surface area contributed by atoms with Gasteiger partial charge >= 0.3 is 18.1 Å². The molecule has 0 saturated carbocycles. The van der Waals surface area contributed by atoms with Crippen LogP contribution >= 0.6 is 0 Å². The SMILES string of the molecule is CCOC(=O)Cn1nc2c(c1OC(=O)C(F)(F)F)CN(C(=O)[C@H](Cc1ccc([N+](=O)[O-])cc1)NC(=O)c1ccc(C(=N)N)cc1)CC2. The number of nitrogen functional groups attached to an aromatic ring is 1. The summed E-state index contributed by atoms with van der Waals surface area (Å²) in [6.45, 7) is 0.429. The van der Waals surface area contributed by atoms with Gasteiger partial charge in [-0.2, -0.15) is 18.3 Å². The van der Waals surface area contributed by atoms with Gasteiger partial charge in [0.25, 0.3) is 11.6 Å². The van der Waals surface area contributed by atoms with Crippen LogP contribution in [-0.2, 0) is 45.1 Å². The number of benzene rings is 2. The van der Waals surface area contributed by atoms with Crippen molar-refractivity contribution in [1.29, 1.82) is 5.41 Å². The van der Waals surface area contributed by atoms with Crippen LogP contribution in [0, 0.1) is 15.5 Å². The van der Waals surface area contributed by atoms with Crippen LogP contribution in [0.3, 0.4) is 0 Å². The number of nitro groups is 1. The second-order valence-electron chi connectivity index (χ2n) is 10.2. The van der Waals surface area contributed by atoms with Gasteiger partial charge in [-0.05, 0) is 24.6 Å². The molecule has 0 aliphatic carbocycles. The van der Waals surface area contributed by atoms with E-state index in [4.69, 9.17) is 15.9 Å².